The second-order valence-electron chi connectivity index (χ2n) is 11.2. The molecule has 1 aromatic heterocycles. The van der Waals surface area contributed by atoms with E-state index in [4.69, 9.17) is 14.5 Å². The summed E-state index contributed by atoms with van der Waals surface area (Å²) in [5.41, 5.74) is 5.00. The van der Waals surface area contributed by atoms with Crippen LogP contribution in [0.2, 0.25) is 0 Å². The molecule has 2 aliphatic heterocycles. The van der Waals surface area contributed by atoms with E-state index in [9.17, 15) is 14.7 Å². The molecular weight excluding hydrogens is 548 g/mol. The van der Waals surface area contributed by atoms with E-state index < -0.39 is 17.7 Å². The molecule has 0 bridgehead atoms. The van der Waals surface area contributed by atoms with Gasteiger partial charge in [0.1, 0.15) is 23.4 Å². The molecule has 42 heavy (non-hydrogen) atoms. The third-order valence-electron chi connectivity index (χ3n) is 7.83. The highest BCUT2D eigenvalue weighted by Gasteiger charge is 2.48. The van der Waals surface area contributed by atoms with E-state index in [1.165, 1.54) is 16.2 Å². The number of benzene rings is 3. The van der Waals surface area contributed by atoms with Crippen molar-refractivity contribution in [1.82, 2.24) is 4.98 Å². The molecule has 2 atom stereocenters. The van der Waals surface area contributed by atoms with Gasteiger partial charge in [-0.25, -0.2) is 4.98 Å². The zero-order valence-corrected chi connectivity index (χ0v) is 25.1. The lowest BCUT2D eigenvalue weighted by Gasteiger charge is -2.23. The molecule has 1 N–H and O–H groups in total. The van der Waals surface area contributed by atoms with E-state index in [1.54, 1.807) is 6.07 Å². The number of anilines is 1. The predicted octanol–water partition coefficient (Wildman–Crippen LogP) is 7.43. The topological polar surface area (TPSA) is 89.0 Å². The standard InChI is InChI=1S/C34H34N2O5S/c1-5-6-7-13-40-25-10-8-9-22(18-25)30-28(31(37)23-11-12-26-24(17-23)16-21(4)41-26)32(38)33(39)36(30)34-35-29-20(3)14-19(2)15-27(29)42-34/h8-12,14-15,17-18,21,30,37H,5-7,13,16H2,1-4H3/b31-28+/t21-,30-/m0/s1. The van der Waals surface area contributed by atoms with Gasteiger partial charge in [0.15, 0.2) is 5.13 Å². The highest BCUT2D eigenvalue weighted by molar-refractivity contribution is 7.22. The molecule has 1 fully saturated rings. The molecule has 6 rings (SSSR count). The summed E-state index contributed by atoms with van der Waals surface area (Å²) in [6.45, 7) is 8.71. The zero-order valence-electron chi connectivity index (χ0n) is 24.3. The summed E-state index contributed by atoms with van der Waals surface area (Å²) in [5.74, 6) is -0.269. The molecule has 1 saturated heterocycles. The first kappa shape index (κ1) is 28.0. The largest absolute Gasteiger partial charge is 0.507 e. The number of unbranched alkanes of at least 4 members (excludes halogenated alkanes) is 2. The smallest absolute Gasteiger partial charge is 0.301 e. The van der Waals surface area contributed by atoms with Crippen LogP contribution in [-0.2, 0) is 16.0 Å². The van der Waals surface area contributed by atoms with Crippen molar-refractivity contribution in [2.45, 2.75) is 65.5 Å². The lowest BCUT2D eigenvalue weighted by molar-refractivity contribution is -0.132. The van der Waals surface area contributed by atoms with Gasteiger partial charge in [0.2, 0.25) is 0 Å². The predicted molar refractivity (Wildman–Crippen MR) is 166 cm³/mol. The van der Waals surface area contributed by atoms with E-state index >= 15 is 0 Å². The Morgan fingerprint density at radius 2 is 1.95 bits per heavy atom. The van der Waals surface area contributed by atoms with Gasteiger partial charge in [0, 0.05) is 12.0 Å². The Morgan fingerprint density at radius 1 is 1.12 bits per heavy atom. The van der Waals surface area contributed by atoms with Crippen molar-refractivity contribution in [3.8, 4) is 11.5 Å². The fourth-order valence-corrected chi connectivity index (χ4v) is 7.02. The normalized spacial score (nSPS) is 19.4. The van der Waals surface area contributed by atoms with Crippen molar-refractivity contribution < 1.29 is 24.2 Å². The van der Waals surface area contributed by atoms with E-state index in [2.05, 4.69) is 13.0 Å². The molecule has 2 aliphatic rings. The van der Waals surface area contributed by atoms with Crippen LogP contribution >= 0.6 is 11.3 Å². The van der Waals surface area contributed by atoms with Gasteiger partial charge < -0.3 is 14.6 Å². The number of carbonyl (C=O) groups excluding carboxylic acids is 2. The van der Waals surface area contributed by atoms with Gasteiger partial charge in [-0.2, -0.15) is 0 Å². The molecule has 0 unspecified atom stereocenters. The van der Waals surface area contributed by atoms with Gasteiger partial charge in [-0.15, -0.1) is 0 Å². The van der Waals surface area contributed by atoms with Crippen LogP contribution in [0.25, 0.3) is 16.0 Å². The van der Waals surface area contributed by atoms with Crippen LogP contribution in [0.1, 0.15) is 67.0 Å². The molecule has 0 spiro atoms. The summed E-state index contributed by atoms with van der Waals surface area (Å²) in [6.07, 6.45) is 3.84. The summed E-state index contributed by atoms with van der Waals surface area (Å²) in [6, 6.07) is 16.0. The first-order valence-electron chi connectivity index (χ1n) is 14.5. The molecule has 4 aromatic rings. The van der Waals surface area contributed by atoms with Crippen LogP contribution in [-0.4, -0.2) is 34.5 Å². The number of hydrogen-bond donors (Lipinski definition) is 1. The summed E-state index contributed by atoms with van der Waals surface area (Å²) in [4.78, 5) is 33.8. The highest BCUT2D eigenvalue weighted by atomic mass is 32.1. The molecular formula is C34H34N2O5S. The molecule has 3 aromatic carbocycles. The Labute approximate surface area is 249 Å². The Bertz CT molecular complexity index is 1740. The van der Waals surface area contributed by atoms with Gasteiger partial charge in [0.05, 0.1) is 28.4 Å². The monoisotopic (exact) mass is 582 g/mol. The SMILES string of the molecule is CCCCCOc1cccc([C@H]2/C(=C(\O)c3ccc4c(c3)C[C@H](C)O4)C(=O)C(=O)N2c2nc3c(C)cc(C)cc3s2)c1. The first-order valence-corrected chi connectivity index (χ1v) is 15.3. The van der Waals surface area contributed by atoms with Crippen molar-refractivity contribution in [1.29, 1.82) is 0 Å². The van der Waals surface area contributed by atoms with Gasteiger partial charge >= 0.3 is 5.91 Å². The number of ketones is 1. The zero-order chi connectivity index (χ0) is 29.5. The van der Waals surface area contributed by atoms with Crippen LogP contribution in [0, 0.1) is 13.8 Å². The van der Waals surface area contributed by atoms with Crippen molar-refractivity contribution >= 4 is 44.1 Å². The van der Waals surface area contributed by atoms with Gasteiger partial charge in [-0.05, 0) is 85.8 Å². The lowest BCUT2D eigenvalue weighted by Crippen LogP contribution is -2.29. The number of aryl methyl sites for hydroxylation is 2. The number of thiazole rings is 1. The molecule has 8 heteroatoms. The third kappa shape index (κ3) is 5.04. The number of aliphatic hydroxyl groups excluding tert-OH is 1. The average molecular weight is 583 g/mol. The van der Waals surface area contributed by atoms with E-state index in [1.807, 2.05) is 63.2 Å². The van der Waals surface area contributed by atoms with E-state index in [0.29, 0.717) is 35.0 Å². The molecule has 0 radical (unpaired) electrons. The molecule has 0 saturated carbocycles. The Kier molecular flexibility index (Phi) is 7.49. The van der Waals surface area contributed by atoms with Crippen LogP contribution < -0.4 is 14.4 Å². The number of aliphatic hydroxyl groups is 1. The van der Waals surface area contributed by atoms with Crippen molar-refractivity contribution in [2.24, 2.45) is 0 Å². The number of fused-ring (bicyclic) bond motifs is 2. The quantitative estimate of drug-likeness (QED) is 0.101. The fraction of sp³-hybridized carbons (Fsp3) is 0.324. The first-order chi connectivity index (χ1) is 20.2. The van der Waals surface area contributed by atoms with Crippen molar-refractivity contribution in [3.63, 3.8) is 0 Å². The number of ether oxygens (including phenoxy) is 2. The maximum absolute atomic E-state index is 13.8. The highest BCUT2D eigenvalue weighted by Crippen LogP contribution is 2.45. The minimum absolute atomic E-state index is 0.0298. The summed E-state index contributed by atoms with van der Waals surface area (Å²) in [5, 5.41) is 12.1. The Hall–Kier alpha value is -4.17. The number of Topliss-reactive ketones (excluding diaryl/α,β-unsaturated/α-hetero) is 1. The molecule has 3 heterocycles. The fourth-order valence-electron chi connectivity index (χ4n) is 5.85. The van der Waals surface area contributed by atoms with Crippen LogP contribution in [0.4, 0.5) is 5.13 Å². The van der Waals surface area contributed by atoms with Crippen molar-refractivity contribution in [3.05, 3.63) is 88.0 Å². The minimum atomic E-state index is -0.880. The van der Waals surface area contributed by atoms with Crippen LogP contribution in [0.5, 0.6) is 11.5 Å². The number of carbonyl (C=O) groups is 2. The maximum Gasteiger partial charge on any atom is 0.301 e. The molecule has 216 valence electrons. The van der Waals surface area contributed by atoms with Gasteiger partial charge in [-0.3, -0.25) is 14.5 Å². The summed E-state index contributed by atoms with van der Waals surface area (Å²) >= 11 is 1.37. The minimum Gasteiger partial charge on any atom is -0.507 e. The van der Waals surface area contributed by atoms with E-state index in [-0.39, 0.29) is 17.4 Å². The third-order valence-corrected chi connectivity index (χ3v) is 8.83. The molecule has 1 amide bonds. The molecule has 0 aliphatic carbocycles. The van der Waals surface area contributed by atoms with Crippen molar-refractivity contribution in [2.75, 3.05) is 11.5 Å². The number of aromatic nitrogens is 1. The van der Waals surface area contributed by atoms with Crippen LogP contribution in [0.3, 0.4) is 0 Å². The average Bonchev–Trinajstić information content (AvgIpc) is 3.63. The number of hydrogen-bond acceptors (Lipinski definition) is 7. The maximum atomic E-state index is 13.8. The lowest BCUT2D eigenvalue weighted by atomic mass is 9.94. The number of rotatable bonds is 8. The number of amides is 1. The Morgan fingerprint density at radius 3 is 2.76 bits per heavy atom. The van der Waals surface area contributed by atoms with E-state index in [0.717, 1.165) is 51.9 Å². The summed E-state index contributed by atoms with van der Waals surface area (Å²) in [7, 11) is 0. The van der Waals surface area contributed by atoms with Gasteiger partial charge in [-0.1, -0.05) is 49.3 Å². The van der Waals surface area contributed by atoms with Gasteiger partial charge in [0.25, 0.3) is 5.78 Å². The molecule has 7 nitrogen and oxygen atoms in total. The van der Waals surface area contributed by atoms with Crippen LogP contribution in [0.15, 0.2) is 60.2 Å². The Balaban J connectivity index is 1.49. The second kappa shape index (κ2) is 11.2. The second-order valence-corrected chi connectivity index (χ2v) is 12.2. The summed E-state index contributed by atoms with van der Waals surface area (Å²) < 4.78 is 12.8. The number of nitrogens with zero attached hydrogens (tertiary/aromatic N) is 2.